The highest BCUT2D eigenvalue weighted by Gasteiger charge is 2.32. The van der Waals surface area contributed by atoms with Gasteiger partial charge in [-0.1, -0.05) is 44.2 Å². The Labute approximate surface area is 173 Å². The number of nitrogens with zero attached hydrogens (tertiary/aromatic N) is 2. The molecule has 0 spiro atoms. The molecule has 1 saturated heterocycles. The summed E-state index contributed by atoms with van der Waals surface area (Å²) in [5.41, 5.74) is 3.74. The second-order valence-corrected chi connectivity index (χ2v) is 8.38. The van der Waals surface area contributed by atoms with E-state index in [9.17, 15) is 9.59 Å². The number of esters is 1. The minimum Gasteiger partial charge on any atom is -0.461 e. The molecule has 1 fully saturated rings. The van der Waals surface area contributed by atoms with Crippen molar-refractivity contribution in [2.45, 2.75) is 47.6 Å². The van der Waals surface area contributed by atoms with Gasteiger partial charge in [0, 0.05) is 25.3 Å². The zero-order valence-electron chi connectivity index (χ0n) is 18.2. The molecule has 2 heterocycles. The van der Waals surface area contributed by atoms with Crippen molar-refractivity contribution < 1.29 is 14.3 Å². The molecule has 3 rings (SSSR count). The van der Waals surface area contributed by atoms with E-state index in [2.05, 4.69) is 13.8 Å². The Balaban J connectivity index is 2.04. The maximum atomic E-state index is 13.5. The molecule has 29 heavy (non-hydrogen) atoms. The van der Waals surface area contributed by atoms with Crippen molar-refractivity contribution in [2.24, 2.45) is 11.8 Å². The molecule has 2 aromatic rings. The smallest absolute Gasteiger partial charge is 0.355 e. The Morgan fingerprint density at radius 2 is 1.69 bits per heavy atom. The van der Waals surface area contributed by atoms with Crippen molar-refractivity contribution >= 4 is 11.9 Å². The molecule has 5 heteroatoms. The van der Waals surface area contributed by atoms with Crippen LogP contribution >= 0.6 is 0 Å². The predicted octanol–water partition coefficient (Wildman–Crippen LogP) is 4.45. The third-order valence-electron chi connectivity index (χ3n) is 5.79. The summed E-state index contributed by atoms with van der Waals surface area (Å²) in [5, 5.41) is 0. The summed E-state index contributed by atoms with van der Waals surface area (Å²) in [6, 6.07) is 9.98. The van der Waals surface area contributed by atoms with Crippen molar-refractivity contribution in [3.8, 4) is 0 Å². The van der Waals surface area contributed by atoms with Crippen LogP contribution in [-0.2, 0) is 11.3 Å². The first-order chi connectivity index (χ1) is 13.8. The lowest BCUT2D eigenvalue weighted by molar-refractivity contribution is 0.0513. The van der Waals surface area contributed by atoms with Gasteiger partial charge >= 0.3 is 5.97 Å². The predicted molar refractivity (Wildman–Crippen MR) is 114 cm³/mol. The molecular formula is C24H32N2O3. The van der Waals surface area contributed by atoms with Gasteiger partial charge < -0.3 is 14.2 Å². The number of hydrogen-bond donors (Lipinski definition) is 0. The van der Waals surface area contributed by atoms with E-state index in [4.69, 9.17) is 4.74 Å². The van der Waals surface area contributed by atoms with E-state index in [1.54, 1.807) is 6.92 Å². The van der Waals surface area contributed by atoms with Gasteiger partial charge in [0.2, 0.25) is 0 Å². The van der Waals surface area contributed by atoms with E-state index in [1.807, 2.05) is 53.6 Å². The van der Waals surface area contributed by atoms with Gasteiger partial charge in [0.15, 0.2) is 0 Å². The van der Waals surface area contributed by atoms with Gasteiger partial charge in [-0.05, 0) is 50.2 Å². The minimum atomic E-state index is -0.372. The van der Waals surface area contributed by atoms with Crippen molar-refractivity contribution in [2.75, 3.05) is 19.7 Å². The molecule has 156 valence electrons. The van der Waals surface area contributed by atoms with E-state index >= 15 is 0 Å². The van der Waals surface area contributed by atoms with Gasteiger partial charge in [-0.25, -0.2) is 4.79 Å². The molecule has 0 saturated carbocycles. The molecule has 0 N–H and O–H groups in total. The summed E-state index contributed by atoms with van der Waals surface area (Å²) < 4.78 is 7.27. The SMILES string of the molecule is CCOC(=O)c1c(C)c(C(=O)N2CC(C)CC(C)C2)c(C)n1Cc1ccccc1. The monoisotopic (exact) mass is 396 g/mol. The number of rotatable bonds is 5. The van der Waals surface area contributed by atoms with Crippen LogP contribution in [0.4, 0.5) is 0 Å². The molecule has 1 aromatic heterocycles. The highest BCUT2D eigenvalue weighted by molar-refractivity contribution is 6.01. The van der Waals surface area contributed by atoms with Crippen molar-refractivity contribution in [3.05, 3.63) is 58.4 Å². The average molecular weight is 397 g/mol. The first kappa shape index (κ1) is 21.2. The second kappa shape index (κ2) is 8.85. The van der Waals surface area contributed by atoms with E-state index < -0.39 is 0 Å². The average Bonchev–Trinajstić information content (AvgIpc) is 2.91. The third-order valence-corrected chi connectivity index (χ3v) is 5.79. The highest BCUT2D eigenvalue weighted by atomic mass is 16.5. The fraction of sp³-hybridized carbons (Fsp3) is 0.500. The summed E-state index contributed by atoms with van der Waals surface area (Å²) in [5.74, 6) is 0.623. The lowest BCUT2D eigenvalue weighted by Crippen LogP contribution is -2.42. The number of carbonyl (C=O) groups excluding carboxylic acids is 2. The molecule has 0 aliphatic carbocycles. The molecule has 5 nitrogen and oxygen atoms in total. The van der Waals surface area contributed by atoms with E-state index in [0.717, 1.165) is 30.8 Å². The fourth-order valence-corrected chi connectivity index (χ4v) is 4.62. The van der Waals surface area contributed by atoms with Crippen molar-refractivity contribution in [3.63, 3.8) is 0 Å². The first-order valence-corrected chi connectivity index (χ1v) is 10.5. The number of likely N-dealkylation sites (tertiary alicyclic amines) is 1. The number of benzene rings is 1. The number of aromatic nitrogens is 1. The quantitative estimate of drug-likeness (QED) is 0.702. The molecule has 2 unspecified atom stereocenters. The van der Waals surface area contributed by atoms with Gasteiger partial charge in [-0.2, -0.15) is 0 Å². The minimum absolute atomic E-state index is 0.0239. The summed E-state index contributed by atoms with van der Waals surface area (Å²) in [7, 11) is 0. The largest absolute Gasteiger partial charge is 0.461 e. The topological polar surface area (TPSA) is 51.5 Å². The van der Waals surface area contributed by atoms with Crippen LogP contribution < -0.4 is 0 Å². The van der Waals surface area contributed by atoms with E-state index in [-0.39, 0.29) is 11.9 Å². The van der Waals surface area contributed by atoms with Crippen LogP contribution in [0, 0.1) is 25.7 Å². The number of ether oxygens (including phenoxy) is 1. The van der Waals surface area contributed by atoms with Crippen LogP contribution in [0.1, 0.15) is 64.9 Å². The molecule has 1 amide bonds. The number of piperidine rings is 1. The maximum absolute atomic E-state index is 13.5. The van der Waals surface area contributed by atoms with Crippen molar-refractivity contribution in [1.82, 2.24) is 9.47 Å². The van der Waals surface area contributed by atoms with Gasteiger partial charge in [0.05, 0.1) is 12.2 Å². The molecule has 0 radical (unpaired) electrons. The van der Waals surface area contributed by atoms with E-state index in [0.29, 0.717) is 41.8 Å². The van der Waals surface area contributed by atoms with Crippen LogP contribution in [0.3, 0.4) is 0 Å². The number of hydrogen-bond acceptors (Lipinski definition) is 3. The third kappa shape index (κ3) is 4.39. The van der Waals surface area contributed by atoms with Gasteiger partial charge in [-0.3, -0.25) is 4.79 Å². The summed E-state index contributed by atoms with van der Waals surface area (Å²) >= 11 is 0. The van der Waals surface area contributed by atoms with Crippen LogP contribution in [0.5, 0.6) is 0 Å². The molecular weight excluding hydrogens is 364 g/mol. The fourth-order valence-electron chi connectivity index (χ4n) is 4.62. The van der Waals surface area contributed by atoms with Gasteiger partial charge in [-0.15, -0.1) is 0 Å². The zero-order valence-corrected chi connectivity index (χ0v) is 18.2. The maximum Gasteiger partial charge on any atom is 0.355 e. The molecule has 0 bridgehead atoms. The van der Waals surface area contributed by atoms with Crippen LogP contribution in [0.25, 0.3) is 0 Å². The van der Waals surface area contributed by atoms with Crippen LogP contribution in [0.2, 0.25) is 0 Å². The first-order valence-electron chi connectivity index (χ1n) is 10.5. The second-order valence-electron chi connectivity index (χ2n) is 8.38. The summed E-state index contributed by atoms with van der Waals surface area (Å²) in [6.45, 7) is 12.3. The number of amides is 1. The summed E-state index contributed by atoms with van der Waals surface area (Å²) in [4.78, 5) is 28.2. The molecule has 1 aliphatic rings. The Morgan fingerprint density at radius 1 is 1.07 bits per heavy atom. The normalized spacial score (nSPS) is 19.3. The Bertz CT molecular complexity index is 875. The lowest BCUT2D eigenvalue weighted by Gasteiger charge is -2.35. The van der Waals surface area contributed by atoms with Gasteiger partial charge in [0.1, 0.15) is 5.69 Å². The van der Waals surface area contributed by atoms with E-state index in [1.165, 1.54) is 0 Å². The standard InChI is InChI=1S/C24H32N2O3/c1-6-29-24(28)22-18(4)21(23(27)25-13-16(2)12-17(3)14-25)19(5)26(22)15-20-10-8-7-9-11-20/h7-11,16-17H,6,12-15H2,1-5H3. The molecule has 1 aromatic carbocycles. The Kier molecular flexibility index (Phi) is 6.46. The molecule has 1 aliphatic heterocycles. The van der Waals surface area contributed by atoms with Crippen LogP contribution in [-0.4, -0.2) is 41.0 Å². The zero-order chi connectivity index (χ0) is 21.1. The Hall–Kier alpha value is -2.56. The number of carbonyl (C=O) groups is 2. The lowest BCUT2D eigenvalue weighted by atomic mass is 9.91. The van der Waals surface area contributed by atoms with Crippen LogP contribution in [0.15, 0.2) is 30.3 Å². The Morgan fingerprint density at radius 3 is 2.28 bits per heavy atom. The highest BCUT2D eigenvalue weighted by Crippen LogP contribution is 2.29. The van der Waals surface area contributed by atoms with Crippen molar-refractivity contribution in [1.29, 1.82) is 0 Å². The summed E-state index contributed by atoms with van der Waals surface area (Å²) in [6.07, 6.45) is 1.14. The van der Waals surface area contributed by atoms with Gasteiger partial charge in [0.25, 0.3) is 5.91 Å². The molecule has 2 atom stereocenters.